The van der Waals surface area contributed by atoms with Crippen molar-refractivity contribution < 1.29 is 5.11 Å². The Hall–Kier alpha value is -2.50. The van der Waals surface area contributed by atoms with Gasteiger partial charge in [-0.2, -0.15) is 0 Å². The van der Waals surface area contributed by atoms with Crippen molar-refractivity contribution in [2.24, 2.45) is 0 Å². The van der Waals surface area contributed by atoms with Gasteiger partial charge < -0.3 is 10.8 Å². The number of rotatable bonds is 2. The normalized spacial score (nSPS) is 11.2. The Morgan fingerprint density at radius 2 is 1.83 bits per heavy atom. The lowest BCUT2D eigenvalue weighted by Gasteiger charge is -2.06. The van der Waals surface area contributed by atoms with E-state index < -0.39 is 0 Å². The number of para-hydroxylation sites is 1. The van der Waals surface area contributed by atoms with Crippen LogP contribution in [0.4, 0.5) is 5.82 Å². The third kappa shape index (κ3) is 2.34. The van der Waals surface area contributed by atoms with Crippen LogP contribution in [0.1, 0.15) is 0 Å². The lowest BCUT2D eigenvalue weighted by molar-refractivity contribution is 0.477. The number of aromatic hydroxyl groups is 1. The Morgan fingerprint density at radius 3 is 2.57 bits per heavy atom. The highest BCUT2D eigenvalue weighted by Gasteiger charge is 2.19. The molecule has 0 spiro atoms. The van der Waals surface area contributed by atoms with E-state index in [1.54, 1.807) is 22.9 Å². The van der Waals surface area contributed by atoms with Crippen LogP contribution in [0.2, 0.25) is 5.02 Å². The highest BCUT2D eigenvalue weighted by molar-refractivity contribution is 7.21. The maximum Gasteiger partial charge on any atom is 0.146 e. The zero-order chi connectivity index (χ0) is 16.0. The number of halogens is 1. The number of thiazole rings is 1. The van der Waals surface area contributed by atoms with Crippen molar-refractivity contribution >= 4 is 39.0 Å². The molecule has 0 aliphatic rings. The fourth-order valence-electron chi connectivity index (χ4n) is 2.52. The standard InChI is InChI=1S/C17H12ClN3OS/c18-10-5-7-11(8-6-10)21-9-13(22)15(16(21)19)17-20-12-3-1-2-4-14(12)23-17/h1-9,22H,19H2. The fraction of sp³-hybridized carbons (Fsp3) is 0. The second-order valence-electron chi connectivity index (χ2n) is 5.11. The zero-order valence-electron chi connectivity index (χ0n) is 11.9. The molecule has 0 aliphatic heterocycles. The van der Waals surface area contributed by atoms with Crippen molar-refractivity contribution in [3.8, 4) is 22.0 Å². The summed E-state index contributed by atoms with van der Waals surface area (Å²) in [6.07, 6.45) is 1.60. The molecular formula is C17H12ClN3OS. The molecule has 0 fully saturated rings. The minimum atomic E-state index is 0.108. The number of hydrogen-bond donors (Lipinski definition) is 2. The maximum absolute atomic E-state index is 10.3. The maximum atomic E-state index is 10.3. The van der Waals surface area contributed by atoms with Gasteiger partial charge in [-0.15, -0.1) is 11.3 Å². The highest BCUT2D eigenvalue weighted by atomic mass is 35.5. The number of hydrogen-bond acceptors (Lipinski definition) is 4. The van der Waals surface area contributed by atoms with E-state index in [2.05, 4.69) is 4.98 Å². The van der Waals surface area contributed by atoms with Crippen molar-refractivity contribution in [1.29, 1.82) is 0 Å². The van der Waals surface area contributed by atoms with Crippen molar-refractivity contribution in [1.82, 2.24) is 9.55 Å². The zero-order valence-corrected chi connectivity index (χ0v) is 13.5. The van der Waals surface area contributed by atoms with Crippen LogP contribution in [-0.2, 0) is 0 Å². The molecule has 6 heteroatoms. The number of fused-ring (bicyclic) bond motifs is 1. The third-order valence-electron chi connectivity index (χ3n) is 3.64. The van der Waals surface area contributed by atoms with Crippen molar-refractivity contribution in [3.05, 3.63) is 59.8 Å². The highest BCUT2D eigenvalue weighted by Crippen LogP contribution is 2.41. The first-order valence-corrected chi connectivity index (χ1v) is 8.14. The third-order valence-corrected chi connectivity index (χ3v) is 4.94. The van der Waals surface area contributed by atoms with Crippen LogP contribution in [0.15, 0.2) is 54.7 Å². The summed E-state index contributed by atoms with van der Waals surface area (Å²) in [7, 11) is 0. The van der Waals surface area contributed by atoms with E-state index in [9.17, 15) is 5.11 Å². The molecule has 0 saturated carbocycles. The minimum Gasteiger partial charge on any atom is -0.506 e. The molecule has 4 aromatic rings. The molecule has 2 aromatic carbocycles. The van der Waals surface area contributed by atoms with E-state index in [1.165, 1.54) is 11.3 Å². The smallest absolute Gasteiger partial charge is 0.146 e. The van der Waals surface area contributed by atoms with Crippen molar-refractivity contribution in [2.75, 3.05) is 5.73 Å². The topological polar surface area (TPSA) is 64.1 Å². The molecule has 2 aromatic heterocycles. The summed E-state index contributed by atoms with van der Waals surface area (Å²) in [5.41, 5.74) is 8.54. The van der Waals surface area contributed by atoms with E-state index in [0.717, 1.165) is 15.9 Å². The lowest BCUT2D eigenvalue weighted by atomic mass is 10.3. The van der Waals surface area contributed by atoms with Gasteiger partial charge in [0.05, 0.1) is 22.0 Å². The molecule has 4 nitrogen and oxygen atoms in total. The Balaban J connectivity index is 1.88. The Kier molecular flexibility index (Phi) is 3.25. The number of anilines is 1. The molecule has 0 saturated heterocycles. The largest absolute Gasteiger partial charge is 0.506 e. The summed E-state index contributed by atoms with van der Waals surface area (Å²) >= 11 is 7.42. The molecule has 0 aliphatic carbocycles. The van der Waals surface area contributed by atoms with Gasteiger partial charge in [0.1, 0.15) is 16.6 Å². The molecule has 0 unspecified atom stereocenters. The Labute approximate surface area is 141 Å². The second kappa shape index (κ2) is 5.30. The van der Waals surface area contributed by atoms with Crippen LogP contribution in [0, 0.1) is 0 Å². The minimum absolute atomic E-state index is 0.108. The number of benzene rings is 2. The van der Waals surface area contributed by atoms with E-state index >= 15 is 0 Å². The number of aromatic nitrogens is 2. The van der Waals surface area contributed by atoms with E-state index in [0.29, 0.717) is 21.4 Å². The summed E-state index contributed by atoms with van der Waals surface area (Å²) in [6, 6.07) is 15.1. The molecule has 2 heterocycles. The van der Waals surface area contributed by atoms with Crippen LogP contribution in [0.3, 0.4) is 0 Å². The molecule has 0 radical (unpaired) electrons. The van der Waals surface area contributed by atoms with Gasteiger partial charge in [-0.05, 0) is 36.4 Å². The first-order valence-electron chi connectivity index (χ1n) is 6.95. The van der Waals surface area contributed by atoms with Gasteiger partial charge >= 0.3 is 0 Å². The fourth-order valence-corrected chi connectivity index (χ4v) is 3.68. The molecule has 4 rings (SSSR count). The first kappa shape index (κ1) is 14.1. The SMILES string of the molecule is Nc1c(-c2nc3ccccc3s2)c(O)cn1-c1ccc(Cl)cc1. The van der Waals surface area contributed by atoms with Gasteiger partial charge in [-0.25, -0.2) is 4.98 Å². The summed E-state index contributed by atoms with van der Waals surface area (Å²) < 4.78 is 2.79. The molecule has 0 atom stereocenters. The van der Waals surface area contributed by atoms with Crippen LogP contribution < -0.4 is 5.73 Å². The molecule has 0 bridgehead atoms. The van der Waals surface area contributed by atoms with Crippen molar-refractivity contribution in [2.45, 2.75) is 0 Å². The monoisotopic (exact) mass is 341 g/mol. The van der Waals surface area contributed by atoms with Crippen LogP contribution in [-0.4, -0.2) is 14.7 Å². The number of nitrogens with zero attached hydrogens (tertiary/aromatic N) is 2. The van der Waals surface area contributed by atoms with Gasteiger partial charge in [0.25, 0.3) is 0 Å². The Bertz CT molecular complexity index is 972. The van der Waals surface area contributed by atoms with Gasteiger partial charge in [0, 0.05) is 10.7 Å². The van der Waals surface area contributed by atoms with Crippen molar-refractivity contribution in [3.63, 3.8) is 0 Å². The number of nitrogens with two attached hydrogens (primary N) is 1. The quantitative estimate of drug-likeness (QED) is 0.555. The van der Waals surface area contributed by atoms with Gasteiger partial charge in [-0.1, -0.05) is 23.7 Å². The summed E-state index contributed by atoms with van der Waals surface area (Å²) in [6.45, 7) is 0. The van der Waals surface area contributed by atoms with Crippen LogP contribution in [0.5, 0.6) is 5.75 Å². The average molecular weight is 342 g/mol. The molecule has 3 N–H and O–H groups in total. The lowest BCUT2D eigenvalue weighted by Crippen LogP contribution is -1.99. The van der Waals surface area contributed by atoms with Crippen LogP contribution >= 0.6 is 22.9 Å². The predicted molar refractivity (Wildman–Crippen MR) is 95.5 cm³/mol. The molecule has 23 heavy (non-hydrogen) atoms. The second-order valence-corrected chi connectivity index (χ2v) is 6.57. The molecular weight excluding hydrogens is 330 g/mol. The predicted octanol–water partition coefficient (Wildman–Crippen LogP) is 4.70. The van der Waals surface area contributed by atoms with Gasteiger partial charge in [0.15, 0.2) is 0 Å². The van der Waals surface area contributed by atoms with E-state index in [1.807, 2.05) is 36.4 Å². The first-order chi connectivity index (χ1) is 11.1. The van der Waals surface area contributed by atoms with E-state index in [4.69, 9.17) is 17.3 Å². The van der Waals surface area contributed by atoms with Gasteiger partial charge in [0.2, 0.25) is 0 Å². The summed E-state index contributed by atoms with van der Waals surface area (Å²) in [5.74, 6) is 0.556. The molecule has 114 valence electrons. The van der Waals surface area contributed by atoms with Gasteiger partial charge in [-0.3, -0.25) is 4.57 Å². The van der Waals surface area contributed by atoms with E-state index in [-0.39, 0.29) is 5.75 Å². The summed E-state index contributed by atoms with van der Waals surface area (Å²) in [4.78, 5) is 4.57. The van der Waals surface area contributed by atoms with Crippen LogP contribution in [0.25, 0.3) is 26.5 Å². The number of nitrogen functional groups attached to an aromatic ring is 1. The average Bonchev–Trinajstić information content (AvgIpc) is 3.08. The summed E-state index contributed by atoms with van der Waals surface area (Å²) in [5, 5.41) is 11.7. The Morgan fingerprint density at radius 1 is 1.09 bits per heavy atom. The molecule has 0 amide bonds.